The van der Waals surface area contributed by atoms with Gasteiger partial charge in [0.1, 0.15) is 17.6 Å². The molecule has 0 radical (unpaired) electrons. The highest BCUT2D eigenvalue weighted by atomic mass is 16.5. The number of fused-ring (bicyclic) bond motifs is 1. The molecule has 1 N–H and O–H groups in total. The number of benzene rings is 3. The van der Waals surface area contributed by atoms with Crippen LogP contribution in [-0.4, -0.2) is 42.7 Å². The number of likely N-dealkylation sites (N-methyl/N-ethyl adjacent to an activating group) is 1. The summed E-state index contributed by atoms with van der Waals surface area (Å²) in [5, 5.41) is 8.99. The molecule has 0 spiro atoms. The molecule has 1 heterocycles. The Hall–Kier alpha value is -3.51. The Labute approximate surface area is 188 Å². The number of para-hydroxylation sites is 1. The normalized spacial score (nSPS) is 13.3. The molecule has 0 bridgehead atoms. The lowest BCUT2D eigenvalue weighted by molar-refractivity contribution is -0.138. The van der Waals surface area contributed by atoms with Gasteiger partial charge in [-0.05, 0) is 42.9 Å². The molecule has 3 aromatic carbocycles. The van der Waals surface area contributed by atoms with Crippen LogP contribution in [0.25, 0.3) is 0 Å². The Morgan fingerprint density at radius 1 is 1.03 bits per heavy atom. The van der Waals surface area contributed by atoms with Crippen molar-refractivity contribution in [1.82, 2.24) is 4.90 Å². The van der Waals surface area contributed by atoms with Crippen molar-refractivity contribution in [2.24, 2.45) is 0 Å². The van der Waals surface area contributed by atoms with Crippen molar-refractivity contribution < 1.29 is 24.1 Å². The molecule has 4 rings (SSSR count). The maximum absolute atomic E-state index is 10.9. The molecule has 0 fully saturated rings. The summed E-state index contributed by atoms with van der Waals surface area (Å²) in [5.41, 5.74) is 2.22. The van der Waals surface area contributed by atoms with Crippen LogP contribution >= 0.6 is 0 Å². The van der Waals surface area contributed by atoms with E-state index in [4.69, 9.17) is 19.3 Å². The van der Waals surface area contributed by atoms with Crippen LogP contribution in [0.1, 0.15) is 23.7 Å². The first-order chi connectivity index (χ1) is 15.6. The Bertz CT molecular complexity index is 1040. The van der Waals surface area contributed by atoms with Gasteiger partial charge in [-0.15, -0.1) is 0 Å². The first-order valence-electron chi connectivity index (χ1n) is 10.7. The summed E-state index contributed by atoms with van der Waals surface area (Å²) >= 11 is 0. The van der Waals surface area contributed by atoms with Gasteiger partial charge in [0.15, 0.2) is 11.5 Å². The molecule has 32 heavy (non-hydrogen) atoms. The molecular weight excluding hydrogens is 406 g/mol. The van der Waals surface area contributed by atoms with Gasteiger partial charge >= 0.3 is 5.97 Å². The second-order valence-electron chi connectivity index (χ2n) is 7.85. The molecule has 1 atom stereocenters. The minimum absolute atomic E-state index is 0.000445. The van der Waals surface area contributed by atoms with Gasteiger partial charge in [0.25, 0.3) is 0 Å². The van der Waals surface area contributed by atoms with E-state index in [9.17, 15) is 4.79 Å². The first-order valence-corrected chi connectivity index (χ1v) is 10.7. The summed E-state index contributed by atoms with van der Waals surface area (Å²) in [7, 11) is 1.80. The predicted molar refractivity (Wildman–Crippen MR) is 122 cm³/mol. The van der Waals surface area contributed by atoms with Crippen LogP contribution in [0.5, 0.6) is 23.0 Å². The fourth-order valence-corrected chi connectivity index (χ4v) is 3.75. The Kier molecular flexibility index (Phi) is 6.92. The number of carboxylic acid groups (broad SMARTS) is 1. The number of carboxylic acids is 1. The summed E-state index contributed by atoms with van der Waals surface area (Å²) in [6, 6.07) is 23.4. The lowest BCUT2D eigenvalue weighted by Gasteiger charge is -2.22. The quantitative estimate of drug-likeness (QED) is 0.488. The number of rotatable bonds is 10. The average Bonchev–Trinajstić information content (AvgIpc) is 3.28. The van der Waals surface area contributed by atoms with Crippen molar-refractivity contribution in [1.29, 1.82) is 0 Å². The second-order valence-corrected chi connectivity index (χ2v) is 7.85. The highest BCUT2D eigenvalue weighted by Crippen LogP contribution is 2.38. The van der Waals surface area contributed by atoms with Gasteiger partial charge in [0.2, 0.25) is 0 Å². The number of carbonyl (C=O) groups is 1. The van der Waals surface area contributed by atoms with Crippen molar-refractivity contribution in [3.05, 3.63) is 83.9 Å². The fourth-order valence-electron chi connectivity index (χ4n) is 3.75. The lowest BCUT2D eigenvalue weighted by Crippen LogP contribution is -2.28. The van der Waals surface area contributed by atoms with Gasteiger partial charge in [-0.2, -0.15) is 0 Å². The zero-order valence-electron chi connectivity index (χ0n) is 18.1. The molecule has 0 saturated carbocycles. The predicted octanol–water partition coefficient (Wildman–Crippen LogP) is 4.94. The van der Waals surface area contributed by atoms with Crippen LogP contribution in [0.3, 0.4) is 0 Å². The zero-order chi connectivity index (χ0) is 22.3. The van der Waals surface area contributed by atoms with Gasteiger partial charge in [-0.25, -0.2) is 0 Å². The van der Waals surface area contributed by atoms with Crippen molar-refractivity contribution >= 4 is 5.97 Å². The Morgan fingerprint density at radius 3 is 2.53 bits per heavy atom. The van der Waals surface area contributed by atoms with Crippen LogP contribution in [0.2, 0.25) is 0 Å². The van der Waals surface area contributed by atoms with E-state index in [1.165, 1.54) is 5.56 Å². The van der Waals surface area contributed by atoms with Crippen molar-refractivity contribution in [2.75, 3.05) is 26.7 Å². The van der Waals surface area contributed by atoms with E-state index in [0.29, 0.717) is 25.3 Å². The van der Waals surface area contributed by atoms with Crippen LogP contribution in [0.4, 0.5) is 0 Å². The van der Waals surface area contributed by atoms with Crippen LogP contribution in [-0.2, 0) is 11.2 Å². The standard InChI is InChI=1S/C26H27NO5/c1-27(18-25(28)29)16-14-23(19-6-3-2-4-7-19)31-21-10-12-22(13-11-21)32-24-9-5-8-20-15-17-30-26(20)24/h2-13,23H,14-18H2,1H3,(H,28,29). The van der Waals surface area contributed by atoms with Crippen LogP contribution < -0.4 is 14.2 Å². The van der Waals surface area contributed by atoms with Gasteiger partial charge in [-0.3, -0.25) is 9.69 Å². The van der Waals surface area contributed by atoms with Gasteiger partial charge < -0.3 is 19.3 Å². The Morgan fingerprint density at radius 2 is 1.78 bits per heavy atom. The molecule has 1 unspecified atom stereocenters. The molecule has 6 nitrogen and oxygen atoms in total. The number of hydrogen-bond acceptors (Lipinski definition) is 5. The van der Waals surface area contributed by atoms with Gasteiger partial charge in [-0.1, -0.05) is 42.5 Å². The average molecular weight is 434 g/mol. The van der Waals surface area contributed by atoms with E-state index >= 15 is 0 Å². The number of hydrogen-bond donors (Lipinski definition) is 1. The van der Waals surface area contributed by atoms with Crippen molar-refractivity contribution in [3.8, 4) is 23.0 Å². The molecule has 0 aliphatic carbocycles. The monoisotopic (exact) mass is 433 g/mol. The molecule has 0 amide bonds. The largest absolute Gasteiger partial charge is 0.489 e. The number of aliphatic carboxylic acids is 1. The molecule has 3 aromatic rings. The van der Waals surface area contributed by atoms with E-state index in [2.05, 4.69) is 6.07 Å². The maximum Gasteiger partial charge on any atom is 0.317 e. The molecular formula is C26H27NO5. The Balaban J connectivity index is 1.43. The summed E-state index contributed by atoms with van der Waals surface area (Å²) in [6.45, 7) is 1.29. The molecule has 1 aliphatic rings. The third-order valence-electron chi connectivity index (χ3n) is 5.36. The third-order valence-corrected chi connectivity index (χ3v) is 5.36. The fraction of sp³-hybridized carbons (Fsp3) is 0.269. The highest BCUT2D eigenvalue weighted by molar-refractivity contribution is 5.69. The first kappa shape index (κ1) is 21.7. The zero-order valence-corrected chi connectivity index (χ0v) is 18.1. The minimum Gasteiger partial charge on any atom is -0.489 e. The minimum atomic E-state index is -0.838. The smallest absolute Gasteiger partial charge is 0.317 e. The van der Waals surface area contributed by atoms with E-state index in [1.807, 2.05) is 66.7 Å². The molecule has 1 aliphatic heterocycles. The lowest BCUT2D eigenvalue weighted by atomic mass is 10.1. The highest BCUT2D eigenvalue weighted by Gasteiger charge is 2.18. The maximum atomic E-state index is 10.9. The molecule has 0 saturated heterocycles. The van der Waals surface area contributed by atoms with Crippen LogP contribution in [0, 0.1) is 0 Å². The van der Waals surface area contributed by atoms with Crippen molar-refractivity contribution in [2.45, 2.75) is 18.9 Å². The van der Waals surface area contributed by atoms with E-state index in [0.717, 1.165) is 29.2 Å². The number of ether oxygens (including phenoxy) is 3. The van der Waals surface area contributed by atoms with E-state index < -0.39 is 5.97 Å². The van der Waals surface area contributed by atoms with E-state index in [-0.39, 0.29) is 12.6 Å². The van der Waals surface area contributed by atoms with Crippen LogP contribution in [0.15, 0.2) is 72.8 Å². The SMILES string of the molecule is CN(CCC(Oc1ccc(Oc2cccc3c2OCC3)cc1)c1ccccc1)CC(=O)O. The molecule has 0 aromatic heterocycles. The summed E-state index contributed by atoms with van der Waals surface area (Å²) in [6.07, 6.45) is 1.38. The second kappa shape index (κ2) is 10.2. The van der Waals surface area contributed by atoms with Gasteiger partial charge in [0, 0.05) is 24.9 Å². The summed E-state index contributed by atoms with van der Waals surface area (Å²) in [4.78, 5) is 12.7. The third kappa shape index (κ3) is 5.59. The van der Waals surface area contributed by atoms with E-state index in [1.54, 1.807) is 11.9 Å². The molecule has 166 valence electrons. The number of nitrogens with zero attached hydrogens (tertiary/aromatic N) is 1. The summed E-state index contributed by atoms with van der Waals surface area (Å²) < 4.78 is 18.0. The summed E-state index contributed by atoms with van der Waals surface area (Å²) in [5.74, 6) is 2.13. The van der Waals surface area contributed by atoms with Crippen molar-refractivity contribution in [3.63, 3.8) is 0 Å². The van der Waals surface area contributed by atoms with Gasteiger partial charge in [0.05, 0.1) is 13.2 Å². The molecule has 6 heteroatoms. The topological polar surface area (TPSA) is 68.2 Å².